The van der Waals surface area contributed by atoms with E-state index in [2.05, 4.69) is 11.8 Å². The van der Waals surface area contributed by atoms with Crippen LogP contribution in [0.1, 0.15) is 41.0 Å². The van der Waals surface area contributed by atoms with E-state index in [1.807, 2.05) is 33.8 Å². The van der Waals surface area contributed by atoms with Crippen LogP contribution in [0.4, 0.5) is 0 Å². The van der Waals surface area contributed by atoms with Gasteiger partial charge in [-0.05, 0) is 45.6 Å². The molecule has 1 unspecified atom stereocenters. The molecule has 1 aliphatic rings. The molecular weight excluding hydrogens is 270 g/mol. The van der Waals surface area contributed by atoms with Crippen molar-refractivity contribution < 1.29 is 14.6 Å². The van der Waals surface area contributed by atoms with Crippen molar-refractivity contribution in [3.8, 4) is 0 Å². The van der Waals surface area contributed by atoms with Crippen molar-refractivity contribution in [1.29, 1.82) is 0 Å². The topological polar surface area (TPSA) is 68.1 Å². The van der Waals surface area contributed by atoms with Gasteiger partial charge in [0.2, 0.25) is 0 Å². The highest BCUT2D eigenvalue weighted by molar-refractivity contribution is 5.12. The van der Waals surface area contributed by atoms with E-state index < -0.39 is 18.0 Å². The fourth-order valence-electron chi connectivity index (χ4n) is 2.48. The van der Waals surface area contributed by atoms with Crippen LogP contribution < -0.4 is 0 Å². The molecule has 0 bridgehead atoms. The lowest BCUT2D eigenvalue weighted by Gasteiger charge is -2.23. The van der Waals surface area contributed by atoms with Crippen LogP contribution >= 0.6 is 0 Å². The van der Waals surface area contributed by atoms with Gasteiger partial charge in [-0.3, -0.25) is 0 Å². The first-order valence-corrected chi connectivity index (χ1v) is 7.37. The van der Waals surface area contributed by atoms with Gasteiger partial charge >= 0.3 is 0 Å². The Hall–Kier alpha value is -1.04. The van der Waals surface area contributed by atoms with Gasteiger partial charge in [-0.1, -0.05) is 24.3 Å². The molecule has 0 aromatic rings. The number of hydrogen-bond acceptors (Lipinski definition) is 5. The maximum Gasteiger partial charge on any atom is 0.163 e. The first-order chi connectivity index (χ1) is 9.71. The zero-order chi connectivity index (χ0) is 16.2. The Kier molecular flexibility index (Phi) is 6.25. The molecule has 0 aliphatic carbocycles. The molecule has 5 heteroatoms. The molecular formula is C16H27NO4. The lowest BCUT2D eigenvalue weighted by atomic mass is 9.94. The van der Waals surface area contributed by atoms with Crippen molar-refractivity contribution >= 4 is 0 Å². The predicted molar refractivity (Wildman–Crippen MR) is 82.8 cm³/mol. The highest BCUT2D eigenvalue weighted by Gasteiger charge is 2.44. The monoisotopic (exact) mass is 297 g/mol. The van der Waals surface area contributed by atoms with Crippen LogP contribution in [0.3, 0.4) is 0 Å². The second-order valence-corrected chi connectivity index (χ2v) is 6.22. The van der Waals surface area contributed by atoms with Crippen molar-refractivity contribution in [1.82, 2.24) is 0 Å². The number of aliphatic hydroxyl groups excluding tert-OH is 1. The molecule has 5 nitrogen and oxygen atoms in total. The Balaban J connectivity index is 2.84. The van der Waals surface area contributed by atoms with Crippen LogP contribution in [-0.4, -0.2) is 35.2 Å². The maximum atomic E-state index is 10.6. The van der Waals surface area contributed by atoms with E-state index in [-0.39, 0.29) is 18.1 Å². The summed E-state index contributed by atoms with van der Waals surface area (Å²) in [4.78, 5) is 10.6. The standard InChI is InChI=1S/C16H27NO4/c1-7-8-13-15(21-16(5,6)20-13)14(18)11(3)9-10(2)12(4)17-19/h7,9-10,12-15,18H,1,8H2,2-6H3/b11-9-/t10-,12?,13+,14-,15+/m1/s1. The summed E-state index contributed by atoms with van der Waals surface area (Å²) in [5.41, 5.74) is 0.762. The minimum Gasteiger partial charge on any atom is -0.386 e. The molecule has 1 N–H and O–H groups in total. The van der Waals surface area contributed by atoms with Crippen molar-refractivity contribution in [2.45, 2.75) is 71.2 Å². The minimum absolute atomic E-state index is 0.0367. The number of nitroso groups, excluding NO2 is 1. The number of nitrogens with zero attached hydrogens (tertiary/aromatic N) is 1. The van der Waals surface area contributed by atoms with Gasteiger partial charge in [0.25, 0.3) is 0 Å². The van der Waals surface area contributed by atoms with Gasteiger partial charge < -0.3 is 14.6 Å². The second kappa shape index (κ2) is 7.29. The molecule has 1 aliphatic heterocycles. The Labute approximate surface area is 127 Å². The molecule has 0 spiro atoms. The average Bonchev–Trinajstić information content (AvgIpc) is 2.72. The Morgan fingerprint density at radius 1 is 1.43 bits per heavy atom. The van der Waals surface area contributed by atoms with Gasteiger partial charge in [-0.15, -0.1) is 6.58 Å². The van der Waals surface area contributed by atoms with Gasteiger partial charge in [-0.25, -0.2) is 0 Å². The van der Waals surface area contributed by atoms with E-state index in [9.17, 15) is 10.0 Å². The molecule has 1 fully saturated rings. The first kappa shape index (κ1) is 18.0. The van der Waals surface area contributed by atoms with E-state index >= 15 is 0 Å². The van der Waals surface area contributed by atoms with Crippen molar-refractivity contribution in [3.05, 3.63) is 29.2 Å². The highest BCUT2D eigenvalue weighted by atomic mass is 16.8. The number of hydrogen-bond donors (Lipinski definition) is 1. The molecule has 0 radical (unpaired) electrons. The summed E-state index contributed by atoms with van der Waals surface area (Å²) < 4.78 is 11.6. The molecule has 0 saturated carbocycles. The summed E-state index contributed by atoms with van der Waals surface area (Å²) in [6.07, 6.45) is 2.79. The third-order valence-corrected chi connectivity index (χ3v) is 3.85. The van der Waals surface area contributed by atoms with E-state index in [0.717, 1.165) is 5.57 Å². The van der Waals surface area contributed by atoms with Crippen molar-refractivity contribution in [3.63, 3.8) is 0 Å². The van der Waals surface area contributed by atoms with E-state index in [4.69, 9.17) is 9.47 Å². The molecule has 1 saturated heterocycles. The molecule has 1 heterocycles. The molecule has 0 aromatic carbocycles. The van der Waals surface area contributed by atoms with Gasteiger partial charge in [0.1, 0.15) is 12.2 Å². The highest BCUT2D eigenvalue weighted by Crippen LogP contribution is 2.33. The van der Waals surface area contributed by atoms with Crippen LogP contribution in [0.5, 0.6) is 0 Å². The van der Waals surface area contributed by atoms with E-state index in [0.29, 0.717) is 6.42 Å². The molecule has 0 aromatic heterocycles. The summed E-state index contributed by atoms with van der Waals surface area (Å²) >= 11 is 0. The van der Waals surface area contributed by atoms with Gasteiger partial charge in [0.15, 0.2) is 5.79 Å². The Bertz CT molecular complexity index is 405. The first-order valence-electron chi connectivity index (χ1n) is 7.37. The smallest absolute Gasteiger partial charge is 0.163 e. The Morgan fingerprint density at radius 2 is 2.05 bits per heavy atom. The molecule has 5 atom stereocenters. The summed E-state index contributed by atoms with van der Waals surface area (Å²) in [6, 6.07) is -0.326. The van der Waals surface area contributed by atoms with Gasteiger partial charge in [-0.2, -0.15) is 4.91 Å². The summed E-state index contributed by atoms with van der Waals surface area (Å²) in [6.45, 7) is 12.9. The van der Waals surface area contributed by atoms with Crippen LogP contribution in [0.2, 0.25) is 0 Å². The van der Waals surface area contributed by atoms with Crippen molar-refractivity contribution in [2.75, 3.05) is 0 Å². The van der Waals surface area contributed by atoms with Crippen LogP contribution in [0.15, 0.2) is 29.5 Å². The summed E-state index contributed by atoms with van der Waals surface area (Å²) in [5.74, 6) is -0.756. The second-order valence-electron chi connectivity index (χ2n) is 6.22. The van der Waals surface area contributed by atoms with E-state index in [1.54, 1.807) is 13.0 Å². The molecule has 1 rings (SSSR count). The SMILES string of the molecule is C=CC[C@@H]1OC(C)(C)O[C@@H]1[C@H](O)/C(C)=C\[C@@H](C)C(C)N=O. The third kappa shape index (κ3) is 4.73. The molecule has 21 heavy (non-hydrogen) atoms. The van der Waals surface area contributed by atoms with Crippen LogP contribution in [0.25, 0.3) is 0 Å². The zero-order valence-electron chi connectivity index (χ0n) is 13.6. The predicted octanol–water partition coefficient (Wildman–Crippen LogP) is 3.18. The lowest BCUT2D eigenvalue weighted by Crippen LogP contribution is -2.36. The van der Waals surface area contributed by atoms with Crippen molar-refractivity contribution in [2.24, 2.45) is 11.1 Å². The van der Waals surface area contributed by atoms with E-state index in [1.165, 1.54) is 0 Å². The normalized spacial score (nSPS) is 29.7. The zero-order valence-corrected chi connectivity index (χ0v) is 13.6. The lowest BCUT2D eigenvalue weighted by molar-refractivity contribution is -0.152. The third-order valence-electron chi connectivity index (χ3n) is 3.85. The number of aliphatic hydroxyl groups is 1. The largest absolute Gasteiger partial charge is 0.386 e. The average molecular weight is 297 g/mol. The fraction of sp³-hybridized carbons (Fsp3) is 0.750. The quantitative estimate of drug-likeness (QED) is 0.579. The minimum atomic E-state index is -0.780. The summed E-state index contributed by atoms with van der Waals surface area (Å²) in [5, 5.41) is 13.6. The maximum absolute atomic E-state index is 10.6. The van der Waals surface area contributed by atoms with Crippen LogP contribution in [0, 0.1) is 10.8 Å². The molecule has 120 valence electrons. The van der Waals surface area contributed by atoms with Gasteiger partial charge in [0, 0.05) is 0 Å². The number of rotatable bonds is 7. The Morgan fingerprint density at radius 3 is 2.57 bits per heavy atom. The molecule has 0 amide bonds. The number of ether oxygens (including phenoxy) is 2. The van der Waals surface area contributed by atoms with Gasteiger partial charge in [0.05, 0.1) is 12.1 Å². The fourth-order valence-corrected chi connectivity index (χ4v) is 2.48. The van der Waals surface area contributed by atoms with Crippen LogP contribution in [-0.2, 0) is 9.47 Å². The summed E-state index contributed by atoms with van der Waals surface area (Å²) in [7, 11) is 0.